The van der Waals surface area contributed by atoms with Gasteiger partial charge in [-0.3, -0.25) is 0 Å². The third-order valence-corrected chi connectivity index (χ3v) is 6.28. The summed E-state index contributed by atoms with van der Waals surface area (Å²) >= 11 is 0. The highest BCUT2D eigenvalue weighted by atomic mass is 15.2. The zero-order valence-electron chi connectivity index (χ0n) is 18.6. The molecule has 1 saturated carbocycles. The fraction of sp³-hybridized carbons (Fsp3) is 0.440. The van der Waals surface area contributed by atoms with Gasteiger partial charge >= 0.3 is 0 Å². The number of nitrogens with one attached hydrogen (secondary N) is 2. The van der Waals surface area contributed by atoms with Crippen molar-refractivity contribution in [1.82, 2.24) is 15.3 Å². The van der Waals surface area contributed by atoms with Gasteiger partial charge in [0.2, 0.25) is 5.95 Å². The largest absolute Gasteiger partial charge is 0.362 e. The van der Waals surface area contributed by atoms with Crippen LogP contribution in [0.5, 0.6) is 0 Å². The molecule has 0 saturated heterocycles. The first-order valence-corrected chi connectivity index (χ1v) is 11.0. The van der Waals surface area contributed by atoms with Crippen LogP contribution >= 0.6 is 0 Å². The van der Waals surface area contributed by atoms with Crippen molar-refractivity contribution in [3.8, 4) is 0 Å². The molecule has 1 fully saturated rings. The van der Waals surface area contributed by atoms with E-state index < -0.39 is 0 Å². The van der Waals surface area contributed by atoms with E-state index in [4.69, 9.17) is 9.97 Å². The van der Waals surface area contributed by atoms with E-state index in [1.807, 2.05) is 26.2 Å². The van der Waals surface area contributed by atoms with Gasteiger partial charge in [0, 0.05) is 38.1 Å². The number of nitrogens with zero attached hydrogens (tertiary/aromatic N) is 3. The highest BCUT2D eigenvalue weighted by Crippen LogP contribution is 2.26. The van der Waals surface area contributed by atoms with Crippen molar-refractivity contribution in [1.29, 1.82) is 0 Å². The van der Waals surface area contributed by atoms with Crippen LogP contribution in [0.15, 0.2) is 42.5 Å². The van der Waals surface area contributed by atoms with Crippen molar-refractivity contribution < 1.29 is 0 Å². The number of fused-ring (bicyclic) bond motifs is 1. The minimum absolute atomic E-state index is 0.430. The van der Waals surface area contributed by atoms with Crippen molar-refractivity contribution in [3.63, 3.8) is 0 Å². The van der Waals surface area contributed by atoms with Crippen LogP contribution in [0.1, 0.15) is 42.4 Å². The Labute approximate surface area is 179 Å². The molecule has 0 unspecified atom stereocenters. The van der Waals surface area contributed by atoms with Crippen LogP contribution < -0.4 is 15.5 Å². The van der Waals surface area contributed by atoms with E-state index in [9.17, 15) is 0 Å². The van der Waals surface area contributed by atoms with Crippen molar-refractivity contribution in [3.05, 3.63) is 59.2 Å². The van der Waals surface area contributed by atoms with Crippen molar-refractivity contribution in [2.75, 3.05) is 24.3 Å². The Bertz CT molecular complexity index is 985. The molecule has 1 aliphatic carbocycles. The first-order valence-electron chi connectivity index (χ1n) is 11.0. The van der Waals surface area contributed by atoms with Gasteiger partial charge in [-0.25, -0.2) is 4.98 Å². The number of aryl methyl sites for hydroxylation is 2. The second-order valence-corrected chi connectivity index (χ2v) is 8.73. The molecule has 1 aliphatic rings. The number of aromatic nitrogens is 2. The molecule has 1 aromatic heterocycles. The van der Waals surface area contributed by atoms with Crippen LogP contribution in [0, 0.1) is 13.8 Å². The summed E-state index contributed by atoms with van der Waals surface area (Å²) in [4.78, 5) is 11.6. The Morgan fingerprint density at radius 3 is 2.23 bits per heavy atom. The second-order valence-electron chi connectivity index (χ2n) is 8.73. The lowest BCUT2D eigenvalue weighted by Gasteiger charge is -2.30. The lowest BCUT2D eigenvalue weighted by molar-refractivity contribution is 0.352. The van der Waals surface area contributed by atoms with Gasteiger partial charge in [0.15, 0.2) is 0 Å². The Morgan fingerprint density at radius 1 is 0.867 bits per heavy atom. The Morgan fingerprint density at radius 2 is 1.53 bits per heavy atom. The minimum atomic E-state index is 0.430. The molecule has 2 N–H and O–H groups in total. The fourth-order valence-corrected chi connectivity index (χ4v) is 4.46. The standard InChI is InChI=1S/C25H33N5/c1-17-8-7-9-18(2)22(17)16-26-19-12-14-20(15-13-19)27-25-28-23-11-6-5-10-21(23)24(29-25)30(3)4/h5-11,19-20,26H,12-16H2,1-4H3,(H,27,28,29). The first-order chi connectivity index (χ1) is 14.5. The van der Waals surface area contributed by atoms with E-state index in [1.165, 1.54) is 29.5 Å². The third-order valence-electron chi connectivity index (χ3n) is 6.28. The molecule has 1 heterocycles. The molecule has 0 spiro atoms. The molecule has 0 amide bonds. The summed E-state index contributed by atoms with van der Waals surface area (Å²) in [5.74, 6) is 1.70. The highest BCUT2D eigenvalue weighted by Gasteiger charge is 2.22. The molecule has 0 bridgehead atoms. The number of anilines is 2. The molecule has 5 nitrogen and oxygen atoms in total. The molecule has 0 radical (unpaired) electrons. The van der Waals surface area contributed by atoms with Gasteiger partial charge < -0.3 is 15.5 Å². The average Bonchev–Trinajstić information content (AvgIpc) is 2.74. The lowest BCUT2D eigenvalue weighted by Crippen LogP contribution is -2.37. The number of benzene rings is 2. The van der Waals surface area contributed by atoms with E-state index in [2.05, 4.69) is 59.7 Å². The van der Waals surface area contributed by atoms with Crippen molar-refractivity contribution in [2.24, 2.45) is 0 Å². The zero-order chi connectivity index (χ0) is 21.1. The summed E-state index contributed by atoms with van der Waals surface area (Å²) in [6, 6.07) is 15.8. The minimum Gasteiger partial charge on any atom is -0.362 e. The van der Waals surface area contributed by atoms with Crippen LogP contribution in [-0.2, 0) is 6.54 Å². The number of hydrogen-bond acceptors (Lipinski definition) is 5. The van der Waals surface area contributed by atoms with E-state index in [0.29, 0.717) is 12.1 Å². The van der Waals surface area contributed by atoms with Crippen LogP contribution in [0.2, 0.25) is 0 Å². The quantitative estimate of drug-likeness (QED) is 0.618. The van der Waals surface area contributed by atoms with Crippen molar-refractivity contribution >= 4 is 22.7 Å². The van der Waals surface area contributed by atoms with Gasteiger partial charge in [-0.1, -0.05) is 30.3 Å². The van der Waals surface area contributed by atoms with Gasteiger partial charge in [-0.2, -0.15) is 4.98 Å². The molecular weight excluding hydrogens is 370 g/mol. The predicted molar refractivity (Wildman–Crippen MR) is 126 cm³/mol. The second kappa shape index (κ2) is 9.00. The van der Waals surface area contributed by atoms with E-state index in [-0.39, 0.29) is 0 Å². The van der Waals surface area contributed by atoms with Crippen LogP contribution in [0.3, 0.4) is 0 Å². The van der Waals surface area contributed by atoms with Crippen LogP contribution in [0.25, 0.3) is 10.9 Å². The number of para-hydroxylation sites is 1. The molecule has 4 rings (SSSR count). The Balaban J connectivity index is 1.36. The molecule has 0 aliphatic heterocycles. The molecule has 3 aromatic rings. The van der Waals surface area contributed by atoms with E-state index >= 15 is 0 Å². The van der Waals surface area contributed by atoms with E-state index in [0.717, 1.165) is 42.1 Å². The monoisotopic (exact) mass is 403 g/mol. The van der Waals surface area contributed by atoms with E-state index in [1.54, 1.807) is 0 Å². The highest BCUT2D eigenvalue weighted by molar-refractivity contribution is 5.90. The first kappa shape index (κ1) is 20.6. The summed E-state index contributed by atoms with van der Waals surface area (Å²) in [5, 5.41) is 8.48. The van der Waals surface area contributed by atoms with Gasteiger partial charge in [-0.05, 0) is 68.4 Å². The summed E-state index contributed by atoms with van der Waals surface area (Å²) in [7, 11) is 4.07. The number of hydrogen-bond donors (Lipinski definition) is 2. The molecule has 2 aromatic carbocycles. The van der Waals surface area contributed by atoms with Gasteiger partial charge in [0.1, 0.15) is 5.82 Å². The van der Waals surface area contributed by atoms with Crippen LogP contribution in [0.4, 0.5) is 11.8 Å². The Hall–Kier alpha value is -2.66. The van der Waals surface area contributed by atoms with Gasteiger partial charge in [-0.15, -0.1) is 0 Å². The topological polar surface area (TPSA) is 53.1 Å². The molecule has 0 atom stereocenters. The van der Waals surface area contributed by atoms with Crippen molar-refractivity contribution in [2.45, 2.75) is 58.2 Å². The maximum Gasteiger partial charge on any atom is 0.225 e. The summed E-state index contributed by atoms with van der Waals surface area (Å²) in [6.45, 7) is 5.37. The summed E-state index contributed by atoms with van der Waals surface area (Å²) in [6.07, 6.45) is 4.63. The fourth-order valence-electron chi connectivity index (χ4n) is 4.46. The summed E-state index contributed by atoms with van der Waals surface area (Å²) < 4.78 is 0. The Kier molecular flexibility index (Phi) is 6.18. The van der Waals surface area contributed by atoms with Gasteiger partial charge in [0.25, 0.3) is 0 Å². The molecule has 5 heteroatoms. The maximum atomic E-state index is 4.80. The smallest absolute Gasteiger partial charge is 0.225 e. The molecule has 30 heavy (non-hydrogen) atoms. The maximum absolute atomic E-state index is 4.80. The summed E-state index contributed by atoms with van der Waals surface area (Å²) in [5.41, 5.74) is 5.19. The lowest BCUT2D eigenvalue weighted by atomic mass is 9.91. The number of rotatable bonds is 6. The van der Waals surface area contributed by atoms with Gasteiger partial charge in [0.05, 0.1) is 5.52 Å². The zero-order valence-corrected chi connectivity index (χ0v) is 18.6. The molecule has 158 valence electrons. The molecular formula is C25H33N5. The third kappa shape index (κ3) is 4.57. The van der Waals surface area contributed by atoms with Crippen LogP contribution in [-0.4, -0.2) is 36.1 Å². The SMILES string of the molecule is Cc1cccc(C)c1CNC1CCC(Nc2nc(N(C)C)c3ccccc3n2)CC1. The predicted octanol–water partition coefficient (Wildman–Crippen LogP) is 4.83. The average molecular weight is 404 g/mol. The normalized spacial score (nSPS) is 19.1.